The van der Waals surface area contributed by atoms with Crippen LogP contribution in [0.5, 0.6) is 0 Å². The van der Waals surface area contributed by atoms with E-state index in [0.29, 0.717) is 23.5 Å². The summed E-state index contributed by atoms with van der Waals surface area (Å²) >= 11 is 0. The van der Waals surface area contributed by atoms with Crippen LogP contribution in [-0.2, 0) is 6.54 Å². The maximum absolute atomic E-state index is 14.9. The van der Waals surface area contributed by atoms with Crippen LogP contribution in [0.1, 0.15) is 57.0 Å². The summed E-state index contributed by atoms with van der Waals surface area (Å²) < 4.78 is 29.5. The third kappa shape index (κ3) is 9.39. The summed E-state index contributed by atoms with van der Waals surface area (Å²) in [5.74, 6) is -0.829. The van der Waals surface area contributed by atoms with Crippen molar-refractivity contribution in [2.45, 2.75) is 53.5 Å². The largest absolute Gasteiger partial charge is 0.353 e. The minimum absolute atomic E-state index is 0.252. The van der Waals surface area contributed by atoms with Crippen molar-refractivity contribution in [3.63, 3.8) is 0 Å². The minimum atomic E-state index is -0.838. The van der Waals surface area contributed by atoms with Gasteiger partial charge in [0.1, 0.15) is 5.69 Å². The first kappa shape index (κ1) is 33.9. The first-order chi connectivity index (χ1) is 20.2. The molecule has 1 fully saturated rings. The Kier molecular flexibility index (Phi) is 13.6. The standard InChI is InChI=1S/C27H27F2N5.C4H10.C2H4.C2H2/c1-17-6-8-21(15-30-17)31-18(2)27-23-14-20(7-9-25(23)32-33-27)22-12-19(13-24(28)26(22)29)16-34-10-4-3-5-11-34;1-4(2)3;2*1-2/h6-9,12-15,31H,2-5,10-11,16H2,1H3,(H,32,33);4H,1-3H3;1-2H2;1-2H. The summed E-state index contributed by atoms with van der Waals surface area (Å²) in [6, 6.07) is 12.3. The molecular formula is C35H43F2N5. The molecule has 0 amide bonds. The lowest BCUT2D eigenvalue weighted by molar-refractivity contribution is 0.220. The zero-order chi connectivity index (χ0) is 31.2. The number of likely N-dealkylation sites (tertiary alicyclic amines) is 1. The number of benzene rings is 2. The molecule has 0 atom stereocenters. The third-order valence-corrected chi connectivity index (χ3v) is 6.31. The quantitative estimate of drug-likeness (QED) is 0.179. The average Bonchev–Trinajstić information content (AvgIpc) is 3.42. The highest BCUT2D eigenvalue weighted by Gasteiger charge is 2.18. The van der Waals surface area contributed by atoms with Crippen molar-refractivity contribution in [1.29, 1.82) is 0 Å². The van der Waals surface area contributed by atoms with E-state index in [9.17, 15) is 8.78 Å². The van der Waals surface area contributed by atoms with E-state index in [4.69, 9.17) is 0 Å². The molecule has 1 aliphatic rings. The number of nitrogens with zero attached hydrogens (tertiary/aromatic N) is 3. The van der Waals surface area contributed by atoms with Gasteiger partial charge in [-0.1, -0.05) is 39.8 Å². The average molecular weight is 572 g/mol. The molecule has 42 heavy (non-hydrogen) atoms. The highest BCUT2D eigenvalue weighted by Crippen LogP contribution is 2.32. The molecule has 0 radical (unpaired) electrons. The van der Waals surface area contributed by atoms with Gasteiger partial charge in [0.25, 0.3) is 0 Å². The second-order valence-electron chi connectivity index (χ2n) is 10.6. The van der Waals surface area contributed by atoms with Gasteiger partial charge in [-0.15, -0.1) is 26.0 Å². The number of nitrogens with one attached hydrogen (secondary N) is 2. The van der Waals surface area contributed by atoms with Crippen LogP contribution in [-0.4, -0.2) is 33.2 Å². The summed E-state index contributed by atoms with van der Waals surface area (Å²) in [6.07, 6.45) is 13.3. The molecule has 222 valence electrons. The lowest BCUT2D eigenvalue weighted by Gasteiger charge is -2.26. The van der Waals surface area contributed by atoms with E-state index in [-0.39, 0.29) is 5.56 Å². The van der Waals surface area contributed by atoms with Crippen molar-refractivity contribution in [3.05, 3.63) is 97.0 Å². The number of H-pyrrole nitrogens is 1. The molecule has 5 rings (SSSR count). The maximum atomic E-state index is 14.9. The molecule has 0 bridgehead atoms. The highest BCUT2D eigenvalue weighted by atomic mass is 19.2. The smallest absolute Gasteiger partial charge is 0.166 e. The van der Waals surface area contributed by atoms with Crippen molar-refractivity contribution in [1.82, 2.24) is 20.1 Å². The molecule has 2 N–H and O–H groups in total. The fourth-order valence-electron chi connectivity index (χ4n) is 4.51. The summed E-state index contributed by atoms with van der Waals surface area (Å²) in [4.78, 5) is 6.58. The number of aryl methyl sites for hydroxylation is 1. The summed E-state index contributed by atoms with van der Waals surface area (Å²) in [5.41, 5.74) is 5.32. The molecule has 0 spiro atoms. The van der Waals surface area contributed by atoms with E-state index in [1.807, 2.05) is 31.2 Å². The lowest BCUT2D eigenvalue weighted by atomic mass is 9.99. The molecule has 1 saturated heterocycles. The summed E-state index contributed by atoms with van der Waals surface area (Å²) in [7, 11) is 0. The SMILES string of the molecule is C#C.C=C.C=C(Nc1ccc(C)nc1)c1n[nH]c2ccc(-c3cc(CN4CCCCC4)cc(F)c3F)cc12.CC(C)C. The molecule has 0 saturated carbocycles. The van der Waals surface area contributed by atoms with E-state index in [0.717, 1.165) is 59.7 Å². The van der Waals surface area contributed by atoms with Crippen molar-refractivity contribution in [2.24, 2.45) is 5.92 Å². The Morgan fingerprint density at radius 3 is 2.31 bits per heavy atom. The topological polar surface area (TPSA) is 56.8 Å². The fraction of sp³-hybridized carbons (Fsp3) is 0.314. The Bertz CT molecular complexity index is 1450. The van der Waals surface area contributed by atoms with E-state index in [1.54, 1.807) is 18.3 Å². The van der Waals surface area contributed by atoms with Gasteiger partial charge in [-0.05, 0) is 86.3 Å². The van der Waals surface area contributed by atoms with Gasteiger partial charge in [-0.25, -0.2) is 8.78 Å². The zero-order valence-electron chi connectivity index (χ0n) is 25.3. The summed E-state index contributed by atoms with van der Waals surface area (Å²) in [6.45, 7) is 21.1. The van der Waals surface area contributed by atoms with Gasteiger partial charge in [0.05, 0.1) is 23.1 Å². The van der Waals surface area contributed by atoms with Gasteiger partial charge in [0.15, 0.2) is 11.6 Å². The molecule has 7 heteroatoms. The second kappa shape index (κ2) is 16.9. The second-order valence-corrected chi connectivity index (χ2v) is 10.6. The maximum Gasteiger partial charge on any atom is 0.166 e. The van der Waals surface area contributed by atoms with Crippen LogP contribution in [0.4, 0.5) is 14.5 Å². The van der Waals surface area contributed by atoms with Crippen molar-refractivity contribution in [2.75, 3.05) is 18.4 Å². The summed E-state index contributed by atoms with van der Waals surface area (Å²) in [5, 5.41) is 11.4. The van der Waals surface area contributed by atoms with Gasteiger partial charge in [-0.3, -0.25) is 15.0 Å². The van der Waals surface area contributed by atoms with Crippen LogP contribution in [0.3, 0.4) is 0 Å². The van der Waals surface area contributed by atoms with E-state index < -0.39 is 11.6 Å². The predicted molar refractivity (Wildman–Crippen MR) is 174 cm³/mol. The Morgan fingerprint density at radius 2 is 1.69 bits per heavy atom. The van der Waals surface area contributed by atoms with Crippen LogP contribution >= 0.6 is 0 Å². The fourth-order valence-corrected chi connectivity index (χ4v) is 4.51. The number of fused-ring (bicyclic) bond motifs is 1. The normalized spacial score (nSPS) is 12.7. The van der Waals surface area contributed by atoms with Crippen LogP contribution in [0.2, 0.25) is 0 Å². The van der Waals surface area contributed by atoms with Crippen LogP contribution < -0.4 is 5.32 Å². The Labute approximate surface area is 249 Å². The molecule has 3 heterocycles. The number of aromatic amines is 1. The molecule has 1 aliphatic heterocycles. The first-order valence-corrected chi connectivity index (χ1v) is 14.1. The van der Waals surface area contributed by atoms with E-state index >= 15 is 0 Å². The number of hydrogen-bond acceptors (Lipinski definition) is 4. The van der Waals surface area contributed by atoms with E-state index in [1.165, 1.54) is 12.5 Å². The van der Waals surface area contributed by atoms with Crippen molar-refractivity contribution >= 4 is 22.3 Å². The number of piperidine rings is 1. The van der Waals surface area contributed by atoms with Gasteiger partial charge >= 0.3 is 0 Å². The van der Waals surface area contributed by atoms with Gasteiger partial charge in [0.2, 0.25) is 0 Å². The zero-order valence-corrected chi connectivity index (χ0v) is 25.3. The number of rotatable bonds is 6. The monoisotopic (exact) mass is 571 g/mol. The molecule has 5 nitrogen and oxygen atoms in total. The molecule has 0 aliphatic carbocycles. The van der Waals surface area contributed by atoms with Crippen molar-refractivity contribution < 1.29 is 8.78 Å². The number of anilines is 1. The van der Waals surface area contributed by atoms with Crippen LogP contribution in [0, 0.1) is 37.3 Å². The molecule has 2 aromatic heterocycles. The van der Waals surface area contributed by atoms with Crippen LogP contribution in [0.25, 0.3) is 27.7 Å². The Morgan fingerprint density at radius 1 is 1.02 bits per heavy atom. The molecule has 4 aromatic rings. The van der Waals surface area contributed by atoms with E-state index in [2.05, 4.69) is 78.8 Å². The van der Waals surface area contributed by atoms with Crippen LogP contribution in [0.15, 0.2) is 68.4 Å². The number of aromatic nitrogens is 3. The number of halogens is 2. The molecular weight excluding hydrogens is 528 g/mol. The van der Waals surface area contributed by atoms with Crippen molar-refractivity contribution in [3.8, 4) is 24.0 Å². The third-order valence-electron chi connectivity index (χ3n) is 6.31. The minimum Gasteiger partial charge on any atom is -0.353 e. The van der Waals surface area contributed by atoms with Gasteiger partial charge in [0, 0.05) is 23.2 Å². The molecule has 0 unspecified atom stereocenters. The Hall–Kier alpha value is -4.28. The molecule has 2 aromatic carbocycles. The predicted octanol–water partition coefficient (Wildman–Crippen LogP) is 8.99. The number of hydrogen-bond donors (Lipinski definition) is 2. The first-order valence-electron chi connectivity index (χ1n) is 14.1. The Balaban J connectivity index is 0.000000699. The van der Waals surface area contributed by atoms with Gasteiger partial charge < -0.3 is 5.32 Å². The highest BCUT2D eigenvalue weighted by molar-refractivity contribution is 5.95. The van der Waals surface area contributed by atoms with Gasteiger partial charge in [-0.2, -0.15) is 5.10 Å². The number of pyridine rings is 1. The lowest BCUT2D eigenvalue weighted by Crippen LogP contribution is -2.29. The number of terminal acetylenes is 1.